The summed E-state index contributed by atoms with van der Waals surface area (Å²) in [5, 5.41) is 4.35. The molecule has 1 aromatic heterocycles. The van der Waals surface area contributed by atoms with E-state index < -0.39 is 0 Å². The average molecular weight is 277 g/mol. The zero-order valence-corrected chi connectivity index (χ0v) is 10.5. The first-order chi connectivity index (χ1) is 6.83. The van der Waals surface area contributed by atoms with E-state index in [1.165, 1.54) is 24.3 Å². The van der Waals surface area contributed by atoms with Crippen molar-refractivity contribution >= 4 is 27.7 Å². The van der Waals surface area contributed by atoms with Crippen molar-refractivity contribution in [2.24, 2.45) is 0 Å². The minimum Gasteiger partial charge on any atom is -0.492 e. The maximum Gasteiger partial charge on any atom is 0.171 e. The first-order valence-corrected chi connectivity index (χ1v) is 6.62. The summed E-state index contributed by atoms with van der Waals surface area (Å²) in [5.74, 6) is 3.29. The Morgan fingerprint density at radius 1 is 1.57 bits per heavy atom. The number of aromatic nitrogens is 2. The first kappa shape index (κ1) is 10.4. The lowest BCUT2D eigenvalue weighted by molar-refractivity contribution is 0.396. The highest BCUT2D eigenvalue weighted by Gasteiger charge is 2.20. The maximum absolute atomic E-state index is 5.18. The van der Waals surface area contributed by atoms with Gasteiger partial charge in [-0.25, -0.2) is 0 Å². The van der Waals surface area contributed by atoms with Crippen LogP contribution in [0.4, 0.5) is 0 Å². The van der Waals surface area contributed by atoms with E-state index in [1.54, 1.807) is 13.3 Å². The summed E-state index contributed by atoms with van der Waals surface area (Å²) in [6.07, 6.45) is 4.17. The summed E-state index contributed by atoms with van der Waals surface area (Å²) in [6, 6.07) is 0.537. The average Bonchev–Trinajstić information content (AvgIpc) is 2.61. The molecule has 1 aliphatic rings. The third-order valence-electron chi connectivity index (χ3n) is 2.46. The molecule has 0 N–H and O–H groups in total. The summed E-state index contributed by atoms with van der Waals surface area (Å²) >= 11 is 5.54. The molecule has 0 radical (unpaired) electrons. The number of hydrogen-bond donors (Lipinski definition) is 0. The van der Waals surface area contributed by atoms with Gasteiger partial charge in [0.25, 0.3) is 0 Å². The number of methoxy groups -OCH3 is 1. The van der Waals surface area contributed by atoms with Crippen LogP contribution in [-0.2, 0) is 0 Å². The van der Waals surface area contributed by atoms with E-state index in [0.29, 0.717) is 6.04 Å². The Morgan fingerprint density at radius 2 is 2.29 bits per heavy atom. The predicted molar refractivity (Wildman–Crippen MR) is 62.1 cm³/mol. The Morgan fingerprint density at radius 3 is 2.86 bits per heavy atom. The van der Waals surface area contributed by atoms with Gasteiger partial charge in [-0.1, -0.05) is 0 Å². The monoisotopic (exact) mass is 276 g/mol. The number of rotatable bonds is 2. The fraction of sp³-hybridized carbons (Fsp3) is 0.667. The number of hydrogen-bond acceptors (Lipinski definition) is 3. The van der Waals surface area contributed by atoms with Crippen molar-refractivity contribution in [2.75, 3.05) is 18.6 Å². The standard InChI is InChI=1S/C9H13BrN2OS/c1-13-8-6-11-12(9(8)10)7-2-4-14-5-3-7/h6-7H,2-5H2,1H3. The molecule has 1 fully saturated rings. The van der Waals surface area contributed by atoms with Gasteiger partial charge in [0.2, 0.25) is 0 Å². The van der Waals surface area contributed by atoms with Crippen molar-refractivity contribution in [3.05, 3.63) is 10.8 Å². The second-order valence-electron chi connectivity index (χ2n) is 3.29. The van der Waals surface area contributed by atoms with Crippen LogP contribution in [0.15, 0.2) is 10.8 Å². The van der Waals surface area contributed by atoms with Crippen molar-refractivity contribution in [3.8, 4) is 5.75 Å². The van der Waals surface area contributed by atoms with Crippen LogP contribution in [0.3, 0.4) is 0 Å². The van der Waals surface area contributed by atoms with Gasteiger partial charge in [0.15, 0.2) is 5.75 Å². The van der Waals surface area contributed by atoms with Gasteiger partial charge in [0.05, 0.1) is 19.3 Å². The summed E-state index contributed by atoms with van der Waals surface area (Å²) in [7, 11) is 1.67. The number of ether oxygens (including phenoxy) is 1. The topological polar surface area (TPSA) is 27.1 Å². The van der Waals surface area contributed by atoms with Gasteiger partial charge in [-0.3, -0.25) is 4.68 Å². The number of thioether (sulfide) groups is 1. The number of halogens is 1. The molecule has 0 aliphatic carbocycles. The van der Waals surface area contributed by atoms with Gasteiger partial charge in [0.1, 0.15) is 4.60 Å². The van der Waals surface area contributed by atoms with E-state index in [0.717, 1.165) is 10.4 Å². The fourth-order valence-corrected chi connectivity index (χ4v) is 3.38. The van der Waals surface area contributed by atoms with E-state index in [2.05, 4.69) is 21.0 Å². The Hall–Kier alpha value is -0.160. The van der Waals surface area contributed by atoms with Crippen molar-refractivity contribution in [3.63, 3.8) is 0 Å². The van der Waals surface area contributed by atoms with Crippen molar-refractivity contribution in [2.45, 2.75) is 18.9 Å². The van der Waals surface area contributed by atoms with Crippen LogP contribution < -0.4 is 4.74 Å². The van der Waals surface area contributed by atoms with Crippen LogP contribution in [0.2, 0.25) is 0 Å². The van der Waals surface area contributed by atoms with Crippen LogP contribution >= 0.6 is 27.7 Å². The zero-order valence-electron chi connectivity index (χ0n) is 8.07. The molecule has 5 heteroatoms. The molecule has 1 saturated heterocycles. The minimum absolute atomic E-state index is 0.537. The van der Waals surface area contributed by atoms with Crippen LogP contribution in [0.5, 0.6) is 5.75 Å². The van der Waals surface area contributed by atoms with E-state index in [1.807, 2.05) is 16.4 Å². The smallest absolute Gasteiger partial charge is 0.171 e. The first-order valence-electron chi connectivity index (χ1n) is 4.67. The fourth-order valence-electron chi connectivity index (χ4n) is 1.65. The summed E-state index contributed by atoms with van der Waals surface area (Å²) < 4.78 is 8.19. The Kier molecular flexibility index (Phi) is 3.38. The van der Waals surface area contributed by atoms with E-state index >= 15 is 0 Å². The maximum atomic E-state index is 5.18. The van der Waals surface area contributed by atoms with Crippen LogP contribution in [-0.4, -0.2) is 28.4 Å². The SMILES string of the molecule is COc1cnn(C2CCSCC2)c1Br. The minimum atomic E-state index is 0.537. The highest BCUT2D eigenvalue weighted by molar-refractivity contribution is 9.10. The summed E-state index contributed by atoms with van der Waals surface area (Å²) in [5.41, 5.74) is 0. The van der Waals surface area contributed by atoms with Crippen LogP contribution in [0.1, 0.15) is 18.9 Å². The molecule has 1 aliphatic heterocycles. The number of nitrogens with zero attached hydrogens (tertiary/aromatic N) is 2. The van der Waals surface area contributed by atoms with Gasteiger partial charge in [-0.15, -0.1) is 0 Å². The van der Waals surface area contributed by atoms with Crippen molar-refractivity contribution in [1.82, 2.24) is 9.78 Å². The van der Waals surface area contributed by atoms with Crippen molar-refractivity contribution in [1.29, 1.82) is 0 Å². The molecule has 78 valence electrons. The summed E-state index contributed by atoms with van der Waals surface area (Å²) in [4.78, 5) is 0. The molecule has 0 amide bonds. The molecule has 0 aromatic carbocycles. The zero-order chi connectivity index (χ0) is 9.97. The molecule has 3 nitrogen and oxygen atoms in total. The normalized spacial score (nSPS) is 18.4. The largest absolute Gasteiger partial charge is 0.492 e. The Bertz CT molecular complexity index is 310. The van der Waals surface area contributed by atoms with Crippen LogP contribution in [0.25, 0.3) is 0 Å². The van der Waals surface area contributed by atoms with E-state index in [4.69, 9.17) is 4.74 Å². The third-order valence-corrected chi connectivity index (χ3v) is 4.26. The van der Waals surface area contributed by atoms with E-state index in [9.17, 15) is 0 Å². The molecular formula is C9H13BrN2OS. The lowest BCUT2D eigenvalue weighted by Crippen LogP contribution is -2.16. The molecule has 0 bridgehead atoms. The highest BCUT2D eigenvalue weighted by Crippen LogP contribution is 2.33. The van der Waals surface area contributed by atoms with Gasteiger partial charge in [0, 0.05) is 0 Å². The Balaban J connectivity index is 2.18. The molecule has 2 rings (SSSR count). The van der Waals surface area contributed by atoms with Gasteiger partial charge >= 0.3 is 0 Å². The van der Waals surface area contributed by atoms with Gasteiger partial charge < -0.3 is 4.74 Å². The quantitative estimate of drug-likeness (QED) is 0.831. The molecule has 0 atom stereocenters. The molecule has 1 aromatic rings. The Labute approximate surface area is 96.3 Å². The molecule has 0 spiro atoms. The lowest BCUT2D eigenvalue weighted by atomic mass is 10.2. The van der Waals surface area contributed by atoms with Crippen LogP contribution in [0, 0.1) is 0 Å². The molecule has 0 saturated carbocycles. The molecule has 0 unspecified atom stereocenters. The van der Waals surface area contributed by atoms with Crippen molar-refractivity contribution < 1.29 is 4.74 Å². The molecular weight excluding hydrogens is 264 g/mol. The van der Waals surface area contributed by atoms with E-state index in [-0.39, 0.29) is 0 Å². The summed E-state index contributed by atoms with van der Waals surface area (Å²) in [6.45, 7) is 0. The van der Waals surface area contributed by atoms with Gasteiger partial charge in [-0.05, 0) is 40.3 Å². The lowest BCUT2D eigenvalue weighted by Gasteiger charge is -2.22. The van der Waals surface area contributed by atoms with Gasteiger partial charge in [-0.2, -0.15) is 16.9 Å². The second kappa shape index (κ2) is 4.57. The highest BCUT2D eigenvalue weighted by atomic mass is 79.9. The molecule has 14 heavy (non-hydrogen) atoms. The third kappa shape index (κ3) is 1.93. The molecule has 2 heterocycles. The second-order valence-corrected chi connectivity index (χ2v) is 5.27. The predicted octanol–water partition coefficient (Wildman–Crippen LogP) is 2.72.